The van der Waals surface area contributed by atoms with Crippen LogP contribution in [0.3, 0.4) is 0 Å². The smallest absolute Gasteiger partial charge is 0.341 e. The second-order valence-corrected chi connectivity index (χ2v) is 6.37. The number of hydrogen-bond acceptors (Lipinski definition) is 7. The first kappa shape index (κ1) is 21.8. The number of halogens is 2. The highest BCUT2D eigenvalue weighted by Gasteiger charge is 2.18. The second-order valence-electron chi connectivity index (χ2n) is 6.37. The van der Waals surface area contributed by atoms with E-state index in [4.69, 9.17) is 19.3 Å². The van der Waals surface area contributed by atoms with Crippen molar-refractivity contribution in [2.75, 3.05) is 19.0 Å². The quantitative estimate of drug-likeness (QED) is 0.527. The Kier molecular flexibility index (Phi) is 6.81. The summed E-state index contributed by atoms with van der Waals surface area (Å²) in [5, 5.41) is 11.6. The lowest BCUT2D eigenvalue weighted by atomic mass is 10.1. The summed E-state index contributed by atoms with van der Waals surface area (Å²) < 4.78 is 44.0. The van der Waals surface area contributed by atoms with Crippen molar-refractivity contribution in [3.63, 3.8) is 0 Å². The molecule has 3 rings (SSSR count). The number of aliphatic carboxylic acids is 1. The molecule has 0 atom stereocenters. The molecule has 0 aliphatic carbocycles. The zero-order valence-corrected chi connectivity index (χ0v) is 16.7. The molecule has 2 aromatic carbocycles. The Balaban J connectivity index is 1.61. The Labute approximate surface area is 176 Å². The van der Waals surface area contributed by atoms with E-state index in [1.165, 1.54) is 32.5 Å². The van der Waals surface area contributed by atoms with E-state index in [-0.39, 0.29) is 35.2 Å². The maximum absolute atomic E-state index is 14.3. The van der Waals surface area contributed by atoms with Crippen molar-refractivity contribution >= 4 is 17.6 Å². The highest BCUT2D eigenvalue weighted by atomic mass is 19.1. The van der Waals surface area contributed by atoms with Crippen molar-refractivity contribution in [3.8, 4) is 17.2 Å². The zero-order chi connectivity index (χ0) is 22.4. The monoisotopic (exact) mass is 431 g/mol. The van der Waals surface area contributed by atoms with Gasteiger partial charge in [0, 0.05) is 5.69 Å². The molecular weight excluding hydrogens is 412 g/mol. The van der Waals surface area contributed by atoms with Crippen molar-refractivity contribution in [2.24, 2.45) is 0 Å². The molecule has 0 spiro atoms. The molecule has 31 heavy (non-hydrogen) atoms. The molecule has 10 heteroatoms. The van der Waals surface area contributed by atoms with Gasteiger partial charge in [-0.25, -0.2) is 23.5 Å². The number of carbonyl (C=O) groups is 1. The number of nitrogens with one attached hydrogen (secondary N) is 1. The highest BCUT2D eigenvalue weighted by Crippen LogP contribution is 2.27. The largest absolute Gasteiger partial charge is 0.494 e. The Hall–Kier alpha value is -3.95. The fourth-order valence-corrected chi connectivity index (χ4v) is 2.60. The van der Waals surface area contributed by atoms with Crippen molar-refractivity contribution < 1.29 is 32.9 Å². The van der Waals surface area contributed by atoms with Crippen LogP contribution in [-0.4, -0.2) is 34.8 Å². The summed E-state index contributed by atoms with van der Waals surface area (Å²) in [6.45, 7) is 0.722. The number of aromatic nitrogens is 2. The molecule has 0 amide bonds. The summed E-state index contributed by atoms with van der Waals surface area (Å²) in [6, 6.07) is 7.82. The molecule has 2 N–H and O–H groups in total. The van der Waals surface area contributed by atoms with Crippen LogP contribution in [0, 0.1) is 18.6 Å². The molecule has 1 aromatic heterocycles. The van der Waals surface area contributed by atoms with E-state index in [2.05, 4.69) is 15.3 Å². The second kappa shape index (κ2) is 9.70. The number of aryl methyl sites for hydroxylation is 1. The van der Waals surface area contributed by atoms with Gasteiger partial charge in [0.25, 0.3) is 0 Å². The van der Waals surface area contributed by atoms with Gasteiger partial charge in [-0.1, -0.05) is 0 Å². The average Bonchev–Trinajstić information content (AvgIpc) is 2.77. The van der Waals surface area contributed by atoms with E-state index in [0.717, 1.165) is 0 Å². The molecule has 3 aromatic rings. The van der Waals surface area contributed by atoms with Gasteiger partial charge in [0.1, 0.15) is 18.2 Å². The molecule has 0 saturated heterocycles. The number of benzene rings is 2. The van der Waals surface area contributed by atoms with Crippen LogP contribution < -0.4 is 19.5 Å². The predicted molar refractivity (Wildman–Crippen MR) is 107 cm³/mol. The molecule has 1 heterocycles. The van der Waals surface area contributed by atoms with Gasteiger partial charge >= 0.3 is 5.97 Å². The van der Waals surface area contributed by atoms with Gasteiger partial charge in [-0.15, -0.1) is 0 Å². The van der Waals surface area contributed by atoms with Crippen LogP contribution in [0.15, 0.2) is 42.7 Å². The average molecular weight is 431 g/mol. The molecule has 0 bridgehead atoms. The summed E-state index contributed by atoms with van der Waals surface area (Å²) in [6.07, 6.45) is 2.73. The summed E-state index contributed by atoms with van der Waals surface area (Å²) in [5.41, 5.74) is 0.642. The lowest BCUT2D eigenvalue weighted by Gasteiger charge is -2.12. The first-order valence-corrected chi connectivity index (χ1v) is 9.05. The molecule has 0 fully saturated rings. The predicted octanol–water partition coefficient (Wildman–Crippen LogP) is 3.86. The number of anilines is 2. The van der Waals surface area contributed by atoms with E-state index in [1.54, 1.807) is 24.3 Å². The number of rotatable bonds is 9. The Morgan fingerprint density at radius 1 is 1.06 bits per heavy atom. The number of hydrogen-bond donors (Lipinski definition) is 2. The van der Waals surface area contributed by atoms with E-state index in [1.807, 2.05) is 0 Å². The van der Waals surface area contributed by atoms with Gasteiger partial charge in [-0.3, -0.25) is 0 Å². The third kappa shape index (κ3) is 5.56. The first-order chi connectivity index (χ1) is 14.9. The number of methoxy groups -OCH3 is 1. The molecular formula is C21H19F2N3O5. The van der Waals surface area contributed by atoms with Crippen LogP contribution >= 0.6 is 0 Å². The third-order valence-electron chi connectivity index (χ3n) is 4.14. The van der Waals surface area contributed by atoms with Crippen LogP contribution in [0.1, 0.15) is 11.1 Å². The first-order valence-electron chi connectivity index (χ1n) is 9.05. The van der Waals surface area contributed by atoms with Crippen LogP contribution in [-0.2, 0) is 11.4 Å². The molecule has 0 radical (unpaired) electrons. The minimum absolute atomic E-state index is 0.0623. The minimum Gasteiger partial charge on any atom is -0.494 e. The van der Waals surface area contributed by atoms with Gasteiger partial charge in [-0.05, 0) is 42.8 Å². The number of nitrogens with zero attached hydrogens (tertiary/aromatic N) is 2. The Morgan fingerprint density at radius 3 is 2.35 bits per heavy atom. The van der Waals surface area contributed by atoms with Crippen LogP contribution in [0.2, 0.25) is 0 Å². The maximum atomic E-state index is 14.3. The topological polar surface area (TPSA) is 103 Å². The minimum atomic E-state index is -1.06. The van der Waals surface area contributed by atoms with Crippen LogP contribution in [0.5, 0.6) is 17.2 Å². The zero-order valence-electron chi connectivity index (χ0n) is 16.7. The fraction of sp³-hybridized carbons (Fsp3) is 0.190. The molecule has 162 valence electrons. The van der Waals surface area contributed by atoms with Crippen molar-refractivity contribution in [1.82, 2.24) is 9.97 Å². The van der Waals surface area contributed by atoms with E-state index >= 15 is 0 Å². The summed E-state index contributed by atoms with van der Waals surface area (Å²) in [4.78, 5) is 18.7. The van der Waals surface area contributed by atoms with Gasteiger partial charge in [0.15, 0.2) is 23.9 Å². The molecule has 8 nitrogen and oxygen atoms in total. The lowest BCUT2D eigenvalue weighted by molar-refractivity contribution is -0.139. The maximum Gasteiger partial charge on any atom is 0.341 e. The molecule has 0 aliphatic heterocycles. The standard InChI is InChI=1S/C21H19F2N3O5/c1-12-7-17(29-2)20(23)16(19(12)22)10-30-15-8-24-21(25-9-15)26-13-3-5-14(6-4-13)31-11-18(27)28/h3-9H,10-11H2,1-2H3,(H,27,28)(H,24,25,26). The third-order valence-corrected chi connectivity index (χ3v) is 4.14. The molecule has 0 unspecified atom stereocenters. The summed E-state index contributed by atoms with van der Waals surface area (Å²) in [7, 11) is 1.30. The van der Waals surface area contributed by atoms with E-state index < -0.39 is 24.2 Å². The van der Waals surface area contributed by atoms with Gasteiger partial charge in [0.2, 0.25) is 5.95 Å². The van der Waals surface area contributed by atoms with Crippen LogP contribution in [0.25, 0.3) is 0 Å². The number of carboxylic acid groups (broad SMARTS) is 1. The fourth-order valence-electron chi connectivity index (χ4n) is 2.60. The van der Waals surface area contributed by atoms with Crippen LogP contribution in [0.4, 0.5) is 20.4 Å². The molecule has 0 aliphatic rings. The number of ether oxygens (including phenoxy) is 3. The van der Waals surface area contributed by atoms with Crippen molar-refractivity contribution in [2.45, 2.75) is 13.5 Å². The van der Waals surface area contributed by atoms with E-state index in [0.29, 0.717) is 11.4 Å². The van der Waals surface area contributed by atoms with Gasteiger partial charge < -0.3 is 24.6 Å². The van der Waals surface area contributed by atoms with Gasteiger partial charge in [-0.2, -0.15) is 0 Å². The Morgan fingerprint density at radius 2 is 1.74 bits per heavy atom. The van der Waals surface area contributed by atoms with E-state index in [9.17, 15) is 13.6 Å². The Bertz CT molecular complexity index is 1060. The highest BCUT2D eigenvalue weighted by molar-refractivity contribution is 5.68. The number of carboxylic acids is 1. The SMILES string of the molecule is COc1cc(C)c(F)c(COc2cnc(Nc3ccc(OCC(=O)O)cc3)nc2)c1F. The van der Waals surface area contributed by atoms with Gasteiger partial charge in [0.05, 0.1) is 25.1 Å². The molecule has 0 saturated carbocycles. The van der Waals surface area contributed by atoms with Crippen molar-refractivity contribution in [3.05, 3.63) is 65.5 Å². The van der Waals surface area contributed by atoms with Crippen molar-refractivity contribution in [1.29, 1.82) is 0 Å². The lowest BCUT2D eigenvalue weighted by Crippen LogP contribution is -2.09. The normalized spacial score (nSPS) is 10.5. The summed E-state index contributed by atoms with van der Waals surface area (Å²) in [5.74, 6) is -1.75. The summed E-state index contributed by atoms with van der Waals surface area (Å²) >= 11 is 0.